The van der Waals surface area contributed by atoms with Crippen LogP contribution in [-0.2, 0) is 10.4 Å². The average molecular weight is 351 g/mol. The van der Waals surface area contributed by atoms with E-state index in [4.69, 9.17) is 22.6 Å². The molecule has 3 N–H and O–H groups in total. The molecule has 0 atom stereocenters. The van der Waals surface area contributed by atoms with E-state index in [1.807, 2.05) is 0 Å². The molecule has 1 aromatic rings. The Morgan fingerprint density at radius 1 is 1.32 bits per heavy atom. The van der Waals surface area contributed by atoms with E-state index in [2.05, 4.69) is 53.8 Å². The molecule has 0 bridgehead atoms. The summed E-state index contributed by atoms with van der Waals surface area (Å²) in [4.78, 5) is 2.17. The molecule has 6 nitrogen and oxygen atoms in total. The first-order chi connectivity index (χ1) is 8.69. The van der Waals surface area contributed by atoms with Gasteiger partial charge in [-0.2, -0.15) is 8.42 Å². The van der Waals surface area contributed by atoms with Crippen molar-refractivity contribution >= 4 is 37.3 Å². The molecule has 0 amide bonds. The van der Waals surface area contributed by atoms with Gasteiger partial charge in [0.25, 0.3) is 0 Å². The fraction of sp³-hybridized carbons (Fsp3) is 0.455. The number of hydrogen-bond donors (Lipinski definition) is 3. The van der Waals surface area contributed by atoms with E-state index in [1.54, 1.807) is 0 Å². The molecule has 0 spiro atoms. The van der Waals surface area contributed by atoms with Gasteiger partial charge in [0, 0.05) is 0 Å². The number of aliphatic hydroxyl groups excluding tert-OH is 1. The molecule has 108 valence electrons. The first kappa shape index (κ1) is 18.4. The van der Waals surface area contributed by atoms with Crippen LogP contribution < -0.4 is 9.25 Å². The van der Waals surface area contributed by atoms with Crippen molar-refractivity contribution in [2.75, 3.05) is 24.6 Å². The van der Waals surface area contributed by atoms with Crippen LogP contribution in [0.3, 0.4) is 0 Å². The SMILES string of the molecule is CCN(CCO)c1ccc([As])c(C)c1.O=S(=O)(O)O. The van der Waals surface area contributed by atoms with Crippen molar-refractivity contribution in [2.24, 2.45) is 0 Å². The maximum Gasteiger partial charge on any atom is 0.394 e. The van der Waals surface area contributed by atoms with Crippen molar-refractivity contribution in [2.45, 2.75) is 13.8 Å². The van der Waals surface area contributed by atoms with Crippen LogP contribution in [0.25, 0.3) is 0 Å². The maximum absolute atomic E-state index is 8.91. The summed E-state index contributed by atoms with van der Waals surface area (Å²) in [5.41, 5.74) is 2.47. The summed E-state index contributed by atoms with van der Waals surface area (Å²) in [7, 11) is -4.67. The van der Waals surface area contributed by atoms with Gasteiger partial charge in [-0.1, -0.05) is 0 Å². The van der Waals surface area contributed by atoms with E-state index in [0.717, 1.165) is 6.54 Å². The molecule has 0 heterocycles. The predicted octanol–water partition coefficient (Wildman–Crippen LogP) is -0.0454. The first-order valence-corrected chi connectivity index (χ1v) is 7.87. The number of nitrogens with zero attached hydrogens (tertiary/aromatic N) is 1. The minimum atomic E-state index is -4.67. The molecule has 0 saturated heterocycles. The van der Waals surface area contributed by atoms with Gasteiger partial charge in [-0.05, 0) is 0 Å². The Morgan fingerprint density at radius 3 is 2.21 bits per heavy atom. The van der Waals surface area contributed by atoms with Crippen LogP contribution in [0.5, 0.6) is 0 Å². The van der Waals surface area contributed by atoms with Crippen LogP contribution in [0.2, 0.25) is 0 Å². The van der Waals surface area contributed by atoms with Gasteiger partial charge in [0.2, 0.25) is 0 Å². The summed E-state index contributed by atoms with van der Waals surface area (Å²) < 4.78 is 32.8. The zero-order valence-corrected chi connectivity index (χ0v) is 13.5. The third-order valence-electron chi connectivity index (χ3n) is 2.30. The van der Waals surface area contributed by atoms with Crippen LogP contribution in [0, 0.1) is 6.92 Å². The Kier molecular flexibility index (Phi) is 8.29. The van der Waals surface area contributed by atoms with Gasteiger partial charge in [0.05, 0.1) is 0 Å². The summed E-state index contributed by atoms with van der Waals surface area (Å²) in [6.07, 6.45) is 0. The van der Waals surface area contributed by atoms with E-state index in [1.165, 1.54) is 15.6 Å². The zero-order valence-electron chi connectivity index (χ0n) is 10.8. The minimum Gasteiger partial charge on any atom is -0.264 e. The third kappa shape index (κ3) is 9.02. The quantitative estimate of drug-likeness (QED) is 0.520. The largest absolute Gasteiger partial charge is 0.394 e. The van der Waals surface area contributed by atoms with E-state index in [9.17, 15) is 0 Å². The Labute approximate surface area is 122 Å². The zero-order chi connectivity index (χ0) is 15.1. The number of rotatable bonds is 4. The summed E-state index contributed by atoms with van der Waals surface area (Å²) >= 11 is 2.57. The van der Waals surface area contributed by atoms with Gasteiger partial charge < -0.3 is 0 Å². The molecule has 1 rings (SSSR count). The second kappa shape index (κ2) is 8.55. The van der Waals surface area contributed by atoms with E-state index < -0.39 is 10.4 Å². The predicted molar refractivity (Wildman–Crippen MR) is 75.7 cm³/mol. The number of aryl methyl sites for hydroxylation is 1. The van der Waals surface area contributed by atoms with Crippen LogP contribution in [-0.4, -0.2) is 59.2 Å². The molecule has 0 aliphatic rings. The van der Waals surface area contributed by atoms with Gasteiger partial charge in [0.1, 0.15) is 0 Å². The summed E-state index contributed by atoms with van der Waals surface area (Å²) in [6, 6.07) is 6.36. The van der Waals surface area contributed by atoms with Crippen molar-refractivity contribution in [1.29, 1.82) is 0 Å². The van der Waals surface area contributed by atoms with Gasteiger partial charge in [-0.25, -0.2) is 0 Å². The Bertz CT molecular complexity index is 484. The van der Waals surface area contributed by atoms with Crippen molar-refractivity contribution in [1.82, 2.24) is 0 Å². The number of likely N-dealkylation sites (N-methyl/N-ethyl adjacent to an activating group) is 1. The molecular formula is C11H18AsNO5S. The Hall–Kier alpha value is -0.592. The first-order valence-electron chi connectivity index (χ1n) is 5.54. The number of hydrogen-bond acceptors (Lipinski definition) is 4. The van der Waals surface area contributed by atoms with Gasteiger partial charge in [0.15, 0.2) is 0 Å². The number of aliphatic hydroxyl groups is 1. The second-order valence-electron chi connectivity index (χ2n) is 3.72. The van der Waals surface area contributed by atoms with E-state index in [-0.39, 0.29) is 6.61 Å². The fourth-order valence-corrected chi connectivity index (χ4v) is 1.72. The molecule has 0 saturated carbocycles. The minimum absolute atomic E-state index is 0.205. The molecular weight excluding hydrogens is 333 g/mol. The Morgan fingerprint density at radius 2 is 1.84 bits per heavy atom. The van der Waals surface area contributed by atoms with Crippen LogP contribution >= 0.6 is 0 Å². The van der Waals surface area contributed by atoms with Crippen molar-refractivity contribution in [3.8, 4) is 0 Å². The smallest absolute Gasteiger partial charge is 0.264 e. The van der Waals surface area contributed by atoms with E-state index >= 15 is 0 Å². The topological polar surface area (TPSA) is 98.1 Å². The fourth-order valence-electron chi connectivity index (χ4n) is 1.43. The molecule has 0 fully saturated rings. The standard InChI is InChI=1S/C11H16AsNO.H2O4S/c1-3-13(6-7-14)10-4-5-11(12)9(2)8-10;1-5(2,3)4/h4-5,8,14H,3,6-7H2,1-2H3;(H2,1,2,3,4). The van der Waals surface area contributed by atoms with Crippen molar-refractivity contribution in [3.05, 3.63) is 23.8 Å². The van der Waals surface area contributed by atoms with Crippen LogP contribution in [0.1, 0.15) is 12.5 Å². The summed E-state index contributed by atoms with van der Waals surface area (Å²) in [5, 5.41) is 8.91. The second-order valence-corrected chi connectivity index (χ2v) is 5.63. The third-order valence-corrected chi connectivity index (χ3v) is 3.35. The molecule has 19 heavy (non-hydrogen) atoms. The van der Waals surface area contributed by atoms with Gasteiger partial charge >= 0.3 is 105 Å². The molecule has 0 unspecified atom stereocenters. The Balaban J connectivity index is 0.000000555. The summed E-state index contributed by atoms with van der Waals surface area (Å²) in [6.45, 7) is 6.04. The van der Waals surface area contributed by atoms with Gasteiger partial charge in [-0.3, -0.25) is 9.11 Å². The average Bonchev–Trinajstić information content (AvgIpc) is 2.27. The molecule has 0 aliphatic carbocycles. The van der Waals surface area contributed by atoms with Crippen LogP contribution in [0.15, 0.2) is 18.2 Å². The summed E-state index contributed by atoms with van der Waals surface area (Å²) in [5.74, 6) is 0. The molecule has 1 aromatic carbocycles. The number of anilines is 1. The van der Waals surface area contributed by atoms with Gasteiger partial charge in [-0.15, -0.1) is 0 Å². The van der Waals surface area contributed by atoms with Crippen molar-refractivity contribution in [3.63, 3.8) is 0 Å². The van der Waals surface area contributed by atoms with Crippen LogP contribution in [0.4, 0.5) is 5.69 Å². The molecule has 8 heteroatoms. The normalized spacial score (nSPS) is 10.6. The number of benzene rings is 1. The van der Waals surface area contributed by atoms with Crippen molar-refractivity contribution < 1.29 is 22.6 Å². The maximum atomic E-state index is 8.91. The molecule has 0 aliphatic heterocycles. The molecule has 0 aromatic heterocycles. The molecule has 2 radical (unpaired) electrons. The monoisotopic (exact) mass is 351 g/mol. The van der Waals surface area contributed by atoms with E-state index in [0.29, 0.717) is 6.54 Å².